The van der Waals surface area contributed by atoms with Crippen molar-refractivity contribution in [3.05, 3.63) is 66.0 Å². The highest BCUT2D eigenvalue weighted by Gasteiger charge is 2.38. The van der Waals surface area contributed by atoms with Crippen molar-refractivity contribution in [1.29, 1.82) is 0 Å². The van der Waals surface area contributed by atoms with Gasteiger partial charge in [-0.2, -0.15) is 13.2 Å². The van der Waals surface area contributed by atoms with Crippen LogP contribution in [0.2, 0.25) is 0 Å². The Bertz CT molecular complexity index is 929. The Labute approximate surface area is 182 Å². The van der Waals surface area contributed by atoms with E-state index < -0.39 is 12.1 Å². The van der Waals surface area contributed by atoms with Crippen molar-refractivity contribution in [2.75, 3.05) is 37.5 Å². The predicted molar refractivity (Wildman–Crippen MR) is 113 cm³/mol. The molecule has 174 valence electrons. The number of nitrogens with one attached hydrogen (secondary N) is 1. The predicted octanol–water partition coefficient (Wildman–Crippen LogP) is 3.83. The van der Waals surface area contributed by atoms with Gasteiger partial charge in [-0.1, -0.05) is 6.07 Å². The standard InChI is InChI=1S/C19H22FN3O2.C2HF3O2/c1-23(2)17-5-3-4-16(10-17)22-19(24)15-6-8-18(9-7-15)25-13-14(11-20)12-21;3-2(4,5)1(6)7/h3-11H,12-13,21H2,1-2H3,(H,22,24);(H,6,7). The topological polar surface area (TPSA) is 105 Å². The van der Waals surface area contributed by atoms with E-state index in [9.17, 15) is 22.4 Å². The molecule has 7 nitrogen and oxygen atoms in total. The fourth-order valence-corrected chi connectivity index (χ4v) is 2.08. The van der Waals surface area contributed by atoms with Crippen LogP contribution in [-0.4, -0.2) is 50.4 Å². The van der Waals surface area contributed by atoms with Gasteiger partial charge in [-0.25, -0.2) is 9.18 Å². The molecule has 2 aromatic rings. The summed E-state index contributed by atoms with van der Waals surface area (Å²) in [7, 11) is 3.88. The first-order chi connectivity index (χ1) is 15.0. The number of carboxylic acids is 1. The molecule has 1 amide bonds. The van der Waals surface area contributed by atoms with E-state index in [0.717, 1.165) is 11.4 Å². The minimum atomic E-state index is -5.08. The third-order valence-corrected chi connectivity index (χ3v) is 3.82. The number of benzene rings is 2. The zero-order valence-electron chi connectivity index (χ0n) is 17.3. The summed E-state index contributed by atoms with van der Waals surface area (Å²) >= 11 is 0. The summed E-state index contributed by atoms with van der Waals surface area (Å²) in [6, 6.07) is 14.2. The van der Waals surface area contributed by atoms with E-state index in [2.05, 4.69) is 5.32 Å². The van der Waals surface area contributed by atoms with Gasteiger partial charge in [0.05, 0.1) is 6.33 Å². The molecule has 0 aliphatic carbocycles. The number of hydrogen-bond acceptors (Lipinski definition) is 5. The third kappa shape index (κ3) is 9.04. The molecule has 11 heteroatoms. The molecule has 0 radical (unpaired) electrons. The summed E-state index contributed by atoms with van der Waals surface area (Å²) in [4.78, 5) is 23.2. The number of ether oxygens (including phenoxy) is 1. The van der Waals surface area contributed by atoms with Crippen LogP contribution in [-0.2, 0) is 4.79 Å². The molecular formula is C21H23F4N3O4. The molecule has 0 saturated carbocycles. The lowest BCUT2D eigenvalue weighted by Crippen LogP contribution is -2.21. The molecule has 0 saturated heterocycles. The monoisotopic (exact) mass is 457 g/mol. The van der Waals surface area contributed by atoms with Gasteiger partial charge in [0.2, 0.25) is 0 Å². The van der Waals surface area contributed by atoms with E-state index in [1.54, 1.807) is 24.3 Å². The number of aliphatic carboxylic acids is 1. The molecular weight excluding hydrogens is 434 g/mol. The van der Waals surface area contributed by atoms with E-state index in [4.69, 9.17) is 20.4 Å². The number of carboxylic acid groups (broad SMARTS) is 1. The Kier molecular flexibility index (Phi) is 10.2. The molecule has 0 aromatic heterocycles. The molecule has 0 heterocycles. The smallest absolute Gasteiger partial charge is 0.489 e. The van der Waals surface area contributed by atoms with Crippen molar-refractivity contribution in [3.63, 3.8) is 0 Å². The van der Waals surface area contributed by atoms with Crippen molar-refractivity contribution in [1.82, 2.24) is 0 Å². The van der Waals surface area contributed by atoms with Crippen LogP contribution in [0, 0.1) is 0 Å². The van der Waals surface area contributed by atoms with Gasteiger partial charge in [0.15, 0.2) is 0 Å². The maximum atomic E-state index is 12.4. The largest absolute Gasteiger partial charge is 0.490 e. The summed E-state index contributed by atoms with van der Waals surface area (Å²) in [5, 5.41) is 9.98. The average Bonchev–Trinajstić information content (AvgIpc) is 2.74. The summed E-state index contributed by atoms with van der Waals surface area (Å²) in [5.41, 5.74) is 7.95. The second kappa shape index (κ2) is 12.3. The lowest BCUT2D eigenvalue weighted by atomic mass is 10.2. The highest BCUT2D eigenvalue weighted by molar-refractivity contribution is 6.04. The highest BCUT2D eigenvalue weighted by Crippen LogP contribution is 2.19. The average molecular weight is 457 g/mol. The number of rotatable bonds is 7. The highest BCUT2D eigenvalue weighted by atomic mass is 19.4. The zero-order valence-corrected chi connectivity index (χ0v) is 17.3. The van der Waals surface area contributed by atoms with Crippen LogP contribution in [0.25, 0.3) is 0 Å². The van der Waals surface area contributed by atoms with Gasteiger partial charge in [-0.05, 0) is 42.5 Å². The fraction of sp³-hybridized carbons (Fsp3) is 0.238. The van der Waals surface area contributed by atoms with Gasteiger partial charge in [0.1, 0.15) is 12.4 Å². The van der Waals surface area contributed by atoms with Crippen molar-refractivity contribution in [2.45, 2.75) is 6.18 Å². The van der Waals surface area contributed by atoms with Crippen LogP contribution < -0.4 is 20.7 Å². The lowest BCUT2D eigenvalue weighted by Gasteiger charge is -2.14. The fourth-order valence-electron chi connectivity index (χ4n) is 2.08. The Morgan fingerprint density at radius 1 is 1.16 bits per heavy atom. The molecule has 4 N–H and O–H groups in total. The van der Waals surface area contributed by atoms with Crippen molar-refractivity contribution >= 4 is 23.3 Å². The number of carbonyl (C=O) groups excluding carboxylic acids is 1. The van der Waals surface area contributed by atoms with Gasteiger partial charge in [0, 0.05) is 43.2 Å². The number of carbonyl (C=O) groups is 2. The molecule has 0 spiro atoms. The van der Waals surface area contributed by atoms with Crippen LogP contribution in [0.4, 0.5) is 28.9 Å². The number of hydrogen-bond donors (Lipinski definition) is 3. The number of nitrogens with two attached hydrogens (primary N) is 1. The van der Waals surface area contributed by atoms with Gasteiger partial charge >= 0.3 is 12.1 Å². The Balaban J connectivity index is 0.000000633. The number of halogens is 4. The molecule has 0 unspecified atom stereocenters. The second-order valence-corrected chi connectivity index (χ2v) is 6.49. The number of alkyl halides is 3. The normalized spacial score (nSPS) is 11.2. The summed E-state index contributed by atoms with van der Waals surface area (Å²) in [6.07, 6.45) is -4.64. The summed E-state index contributed by atoms with van der Waals surface area (Å²) in [6.45, 7) is 0.179. The van der Waals surface area contributed by atoms with Crippen LogP contribution in [0.1, 0.15) is 10.4 Å². The van der Waals surface area contributed by atoms with Gasteiger partial charge in [-0.15, -0.1) is 0 Å². The van der Waals surface area contributed by atoms with E-state index in [-0.39, 0.29) is 19.1 Å². The number of nitrogens with zero attached hydrogens (tertiary/aromatic N) is 1. The first-order valence-electron chi connectivity index (χ1n) is 9.07. The molecule has 0 fully saturated rings. The number of amides is 1. The van der Waals surface area contributed by atoms with Gasteiger partial charge in [-0.3, -0.25) is 4.79 Å². The maximum absolute atomic E-state index is 12.4. The third-order valence-electron chi connectivity index (χ3n) is 3.82. The van der Waals surface area contributed by atoms with E-state index in [1.807, 2.05) is 43.3 Å². The summed E-state index contributed by atoms with van der Waals surface area (Å²) < 4.78 is 49.6. The lowest BCUT2D eigenvalue weighted by molar-refractivity contribution is -0.192. The Morgan fingerprint density at radius 2 is 1.75 bits per heavy atom. The van der Waals surface area contributed by atoms with E-state index >= 15 is 0 Å². The SMILES string of the molecule is CN(C)c1cccc(NC(=O)c2ccc(OCC(=CF)CN)cc2)c1.O=C(O)C(F)(F)F. The zero-order chi connectivity index (χ0) is 24.3. The quantitative estimate of drug-likeness (QED) is 0.546. The molecule has 2 aromatic carbocycles. The minimum Gasteiger partial charge on any atom is -0.489 e. The van der Waals surface area contributed by atoms with E-state index in [1.165, 1.54) is 0 Å². The van der Waals surface area contributed by atoms with Crippen molar-refractivity contribution in [3.8, 4) is 5.75 Å². The van der Waals surface area contributed by atoms with Crippen molar-refractivity contribution < 1.29 is 37.0 Å². The Morgan fingerprint density at radius 3 is 2.22 bits per heavy atom. The molecule has 2 rings (SSSR count). The van der Waals surface area contributed by atoms with Crippen LogP contribution in [0.3, 0.4) is 0 Å². The first-order valence-corrected chi connectivity index (χ1v) is 9.07. The molecule has 0 bridgehead atoms. The molecule has 32 heavy (non-hydrogen) atoms. The first kappa shape index (κ1) is 26.4. The summed E-state index contributed by atoms with van der Waals surface area (Å²) in [5.74, 6) is -2.43. The van der Waals surface area contributed by atoms with Crippen LogP contribution >= 0.6 is 0 Å². The van der Waals surface area contributed by atoms with E-state index in [0.29, 0.717) is 23.2 Å². The molecule has 0 aliphatic heterocycles. The van der Waals surface area contributed by atoms with Crippen molar-refractivity contribution in [2.24, 2.45) is 5.73 Å². The Hall–Kier alpha value is -3.60. The minimum absolute atomic E-state index is 0.0792. The maximum Gasteiger partial charge on any atom is 0.490 e. The second-order valence-electron chi connectivity index (χ2n) is 6.49. The molecule has 0 atom stereocenters. The van der Waals surface area contributed by atoms with Gasteiger partial charge < -0.3 is 25.8 Å². The van der Waals surface area contributed by atoms with Gasteiger partial charge in [0.25, 0.3) is 5.91 Å². The van der Waals surface area contributed by atoms with Crippen LogP contribution in [0.5, 0.6) is 5.75 Å². The van der Waals surface area contributed by atoms with Crippen LogP contribution in [0.15, 0.2) is 60.4 Å². The number of anilines is 2. The molecule has 0 aliphatic rings.